The Hall–Kier alpha value is -4.09. The second-order valence-corrected chi connectivity index (χ2v) is 9.55. The van der Waals surface area contributed by atoms with Gasteiger partial charge in [-0.25, -0.2) is 5.43 Å². The third-order valence-corrected chi connectivity index (χ3v) is 5.31. The molecule has 2 aromatic carbocycles. The van der Waals surface area contributed by atoms with Gasteiger partial charge in [-0.05, 0) is 37.3 Å². The van der Waals surface area contributed by atoms with Crippen LogP contribution in [0.5, 0.6) is 0 Å². The number of para-hydroxylation sites is 2. The van der Waals surface area contributed by atoms with Crippen molar-refractivity contribution in [1.82, 2.24) is 10.2 Å². The number of rotatable bonds is 8. The summed E-state index contributed by atoms with van der Waals surface area (Å²) in [5.74, 6) is -2.07. The zero-order valence-electron chi connectivity index (χ0n) is 20.2. The Morgan fingerprint density at radius 1 is 1.08 bits per heavy atom. The number of benzene rings is 2. The van der Waals surface area contributed by atoms with Gasteiger partial charge in [-0.3, -0.25) is 14.4 Å². The summed E-state index contributed by atoms with van der Waals surface area (Å²) >= 11 is 5.88. The number of carbonyl (C=O) groups excluding carboxylic acids is 3. The van der Waals surface area contributed by atoms with Crippen LogP contribution in [0.3, 0.4) is 0 Å². The molecule has 0 saturated carbocycles. The first-order valence-electron chi connectivity index (χ1n) is 10.9. The summed E-state index contributed by atoms with van der Waals surface area (Å²) in [6.07, 6.45) is -0.647. The highest BCUT2D eigenvalue weighted by Crippen LogP contribution is 2.16. The lowest BCUT2D eigenvalue weighted by Gasteiger charge is -2.22. The predicted molar refractivity (Wildman–Crippen MR) is 136 cm³/mol. The molecule has 2 N–H and O–H groups in total. The van der Waals surface area contributed by atoms with Crippen molar-refractivity contribution in [2.75, 3.05) is 33.0 Å². The summed E-state index contributed by atoms with van der Waals surface area (Å²) in [5, 5.41) is 19.6. The van der Waals surface area contributed by atoms with E-state index >= 15 is 0 Å². The van der Waals surface area contributed by atoms with Crippen molar-refractivity contribution in [2.45, 2.75) is 13.3 Å². The van der Waals surface area contributed by atoms with Crippen molar-refractivity contribution in [3.05, 3.63) is 75.1 Å². The number of amides is 2. The van der Waals surface area contributed by atoms with Crippen molar-refractivity contribution in [3.8, 4) is 0 Å². The monoisotopic (exact) mass is 513 g/mol. The fourth-order valence-electron chi connectivity index (χ4n) is 3.41. The number of aromatic nitrogens is 2. The van der Waals surface area contributed by atoms with E-state index in [4.69, 9.17) is 11.6 Å². The number of nitrogens with zero attached hydrogens (tertiary/aromatic N) is 4. The number of hydrazone groups is 1. The molecular formula is C24H26ClN6O5+. The number of carbonyl (C=O) groups is 3. The van der Waals surface area contributed by atoms with E-state index in [0.717, 1.165) is 0 Å². The van der Waals surface area contributed by atoms with E-state index in [1.807, 2.05) is 0 Å². The predicted octanol–water partition coefficient (Wildman–Crippen LogP) is 2.25. The van der Waals surface area contributed by atoms with Crippen molar-refractivity contribution >= 4 is 51.6 Å². The maximum Gasteiger partial charge on any atom is 0.325 e. The average molecular weight is 514 g/mol. The quantitative estimate of drug-likeness (QED) is 0.156. The minimum absolute atomic E-state index is 0.00167. The molecular weight excluding hydrogens is 488 g/mol. The molecule has 3 rings (SSSR count). The molecule has 188 valence electrons. The largest absolute Gasteiger partial charge is 0.805 e. The highest BCUT2D eigenvalue weighted by molar-refractivity contribution is 6.46. The van der Waals surface area contributed by atoms with Gasteiger partial charge in [-0.15, -0.1) is 0 Å². The SMILES string of the molecule is Cc1c(C(=O)C/C(=N/NC(=O)C[N+](C)(C)C)C(=O)Nc2ccc(Cl)cc2)[n+](=O)c2ccccc2n1[O-]. The van der Waals surface area contributed by atoms with Crippen LogP contribution in [-0.4, -0.2) is 60.2 Å². The Balaban J connectivity index is 1.96. The minimum Gasteiger partial charge on any atom is -0.805 e. The van der Waals surface area contributed by atoms with Crippen LogP contribution in [0.25, 0.3) is 11.0 Å². The minimum atomic E-state index is -0.816. The van der Waals surface area contributed by atoms with Crippen LogP contribution < -0.4 is 15.2 Å². The number of ketones is 1. The zero-order valence-corrected chi connectivity index (χ0v) is 21.0. The molecule has 1 heterocycles. The van der Waals surface area contributed by atoms with E-state index < -0.39 is 29.7 Å². The molecule has 2 amide bonds. The van der Waals surface area contributed by atoms with E-state index in [2.05, 4.69) is 15.8 Å². The third kappa shape index (κ3) is 6.32. The number of hydrogen-bond acceptors (Lipinski definition) is 6. The van der Waals surface area contributed by atoms with Crippen molar-refractivity contribution in [1.29, 1.82) is 0 Å². The van der Waals surface area contributed by atoms with Crippen LogP contribution in [-0.2, 0) is 9.59 Å². The van der Waals surface area contributed by atoms with E-state index in [-0.39, 0.29) is 29.0 Å². The summed E-state index contributed by atoms with van der Waals surface area (Å²) in [5.41, 5.74) is 1.87. The van der Waals surface area contributed by atoms with Crippen molar-refractivity contribution in [2.24, 2.45) is 5.10 Å². The van der Waals surface area contributed by atoms with Gasteiger partial charge in [-0.1, -0.05) is 23.7 Å². The summed E-state index contributed by atoms with van der Waals surface area (Å²) in [6.45, 7) is 1.40. The molecule has 12 heteroatoms. The normalized spacial score (nSPS) is 11.9. The van der Waals surface area contributed by atoms with Gasteiger partial charge in [0.05, 0.1) is 37.7 Å². The molecule has 3 aromatic rings. The van der Waals surface area contributed by atoms with Crippen molar-refractivity contribution < 1.29 is 23.3 Å². The van der Waals surface area contributed by atoms with Crippen LogP contribution in [0.4, 0.5) is 5.69 Å². The molecule has 0 spiro atoms. The van der Waals surface area contributed by atoms with Crippen LogP contribution >= 0.6 is 11.6 Å². The lowest BCUT2D eigenvalue weighted by Crippen LogP contribution is -2.43. The van der Waals surface area contributed by atoms with E-state index in [0.29, 0.717) is 24.4 Å². The van der Waals surface area contributed by atoms with Crippen LogP contribution in [0.15, 0.2) is 53.6 Å². The summed E-state index contributed by atoms with van der Waals surface area (Å²) in [6, 6.07) is 12.3. The van der Waals surface area contributed by atoms with Gasteiger partial charge in [0.25, 0.3) is 17.3 Å². The van der Waals surface area contributed by atoms with E-state index in [9.17, 15) is 24.5 Å². The number of anilines is 1. The molecule has 36 heavy (non-hydrogen) atoms. The Morgan fingerprint density at radius 3 is 2.36 bits per heavy atom. The number of hydrogen-bond donors (Lipinski definition) is 2. The standard InChI is InChI=1S/C24H25ClN6O5/c1-15-23(30(36)20-8-6-5-7-19(20)29(15)35)21(32)13-18(27-28-22(33)14-31(2,3)4)24(34)26-17-11-9-16(25)10-12-17/h5-12H,13-14H2,1-4H3,(H-,26,28,33,34)/p+1. The fraction of sp³-hybridized carbons (Fsp3) is 0.250. The summed E-state index contributed by atoms with van der Waals surface area (Å²) in [7, 11) is 5.40. The Morgan fingerprint density at radius 2 is 1.72 bits per heavy atom. The summed E-state index contributed by atoms with van der Waals surface area (Å²) < 4.78 is 1.17. The van der Waals surface area contributed by atoms with Crippen LogP contribution in [0.2, 0.25) is 5.02 Å². The number of fused-ring (bicyclic) bond motifs is 1. The Kier molecular flexibility index (Phi) is 7.86. The van der Waals surface area contributed by atoms with Crippen LogP contribution in [0, 0.1) is 17.0 Å². The second kappa shape index (κ2) is 10.7. The molecule has 0 saturated heterocycles. The average Bonchev–Trinajstić information content (AvgIpc) is 2.80. The first-order chi connectivity index (χ1) is 16.9. The first kappa shape index (κ1) is 26.5. The molecule has 0 atom stereocenters. The van der Waals surface area contributed by atoms with Gasteiger partial charge in [0, 0.05) is 21.7 Å². The Labute approximate surface area is 211 Å². The molecule has 0 unspecified atom stereocenters. The van der Waals surface area contributed by atoms with Gasteiger partial charge in [0.1, 0.15) is 11.2 Å². The number of likely N-dealkylation sites (N-methyl/N-ethyl adjacent to an activating group) is 1. The van der Waals surface area contributed by atoms with Gasteiger partial charge in [-0.2, -0.15) is 5.10 Å². The van der Waals surface area contributed by atoms with E-state index in [1.54, 1.807) is 57.5 Å². The summed E-state index contributed by atoms with van der Waals surface area (Å²) in [4.78, 5) is 51.4. The van der Waals surface area contributed by atoms with E-state index in [1.165, 1.54) is 19.1 Å². The van der Waals surface area contributed by atoms with Gasteiger partial charge in [0.2, 0.25) is 5.78 Å². The fourth-order valence-corrected chi connectivity index (χ4v) is 3.53. The number of halogens is 1. The van der Waals surface area contributed by atoms with Gasteiger partial charge < -0.3 is 19.7 Å². The third-order valence-electron chi connectivity index (χ3n) is 5.06. The molecule has 1 aromatic heterocycles. The number of quaternary nitrogens is 1. The molecule has 0 fully saturated rings. The number of nitrogens with one attached hydrogen (secondary N) is 2. The topological polar surface area (TPSA) is 139 Å². The lowest BCUT2D eigenvalue weighted by molar-refractivity contribution is -0.862. The maximum atomic E-state index is 13.2. The second-order valence-electron chi connectivity index (χ2n) is 9.11. The first-order valence-corrected chi connectivity index (χ1v) is 11.3. The molecule has 0 aliphatic rings. The Bertz CT molecular complexity index is 1420. The highest BCUT2D eigenvalue weighted by atomic mass is 35.5. The van der Waals surface area contributed by atoms with Crippen molar-refractivity contribution in [3.63, 3.8) is 0 Å². The smallest absolute Gasteiger partial charge is 0.325 e. The molecule has 0 aliphatic heterocycles. The van der Waals surface area contributed by atoms with Gasteiger partial charge >= 0.3 is 5.69 Å². The lowest BCUT2D eigenvalue weighted by atomic mass is 10.1. The molecule has 0 bridgehead atoms. The van der Waals surface area contributed by atoms with Gasteiger partial charge in [0.15, 0.2) is 6.54 Å². The zero-order chi connectivity index (χ0) is 26.6. The number of Topliss-reactive ketones (excluding diaryl/α,β-unsaturated/α-hetero) is 1. The molecule has 0 radical (unpaired) electrons. The highest BCUT2D eigenvalue weighted by Gasteiger charge is 2.30. The van der Waals surface area contributed by atoms with Crippen LogP contribution in [0.1, 0.15) is 22.6 Å². The maximum absolute atomic E-state index is 13.2. The molecule has 0 aliphatic carbocycles. The molecule has 11 nitrogen and oxygen atoms in total.